The molecule has 1 fully saturated rings. The quantitative estimate of drug-likeness (QED) is 0.764. The molecule has 0 aromatic carbocycles. The van der Waals surface area contributed by atoms with Crippen molar-refractivity contribution in [2.75, 3.05) is 18.8 Å². The van der Waals surface area contributed by atoms with Gasteiger partial charge in [-0.25, -0.2) is 4.98 Å². The van der Waals surface area contributed by atoms with Gasteiger partial charge >= 0.3 is 0 Å². The lowest BCUT2D eigenvalue weighted by atomic mass is 10.1. The van der Waals surface area contributed by atoms with Crippen molar-refractivity contribution in [3.63, 3.8) is 0 Å². The first kappa shape index (κ1) is 13.4. The Morgan fingerprint density at radius 2 is 2.00 bits per heavy atom. The summed E-state index contributed by atoms with van der Waals surface area (Å²) in [5, 5.41) is 3.27. The summed E-state index contributed by atoms with van der Waals surface area (Å²) in [5.41, 5.74) is 6.65. The molecule has 14 heavy (non-hydrogen) atoms. The molecule has 1 aromatic heterocycles. The minimum Gasteiger partial charge on any atom is -0.382 e. The number of halogens is 2. The number of nitrogen functional groups attached to an aromatic ring is 1. The highest BCUT2D eigenvalue weighted by Gasteiger charge is 2.20. The molecule has 0 amide bonds. The van der Waals surface area contributed by atoms with E-state index in [4.69, 9.17) is 5.73 Å². The third-order valence-electron chi connectivity index (χ3n) is 2.20. The van der Waals surface area contributed by atoms with E-state index in [2.05, 4.69) is 15.3 Å². The molecule has 1 unspecified atom stereocenters. The lowest BCUT2D eigenvalue weighted by molar-refractivity contribution is 0.733. The van der Waals surface area contributed by atoms with Crippen LogP contribution in [0.25, 0.3) is 0 Å². The van der Waals surface area contributed by atoms with Crippen LogP contribution in [0.5, 0.6) is 0 Å². The fourth-order valence-electron chi connectivity index (χ4n) is 1.56. The SMILES string of the molecule is Cl.Cl.Nc1nccnc1C1CCNC1. The Hall–Kier alpha value is -0.580. The Morgan fingerprint density at radius 1 is 1.29 bits per heavy atom. The van der Waals surface area contributed by atoms with Crippen molar-refractivity contribution in [1.82, 2.24) is 15.3 Å². The zero-order valence-corrected chi connectivity index (χ0v) is 9.27. The van der Waals surface area contributed by atoms with Crippen LogP contribution in [-0.4, -0.2) is 23.1 Å². The molecule has 0 radical (unpaired) electrons. The Morgan fingerprint density at radius 3 is 2.57 bits per heavy atom. The van der Waals surface area contributed by atoms with Crippen LogP contribution in [0, 0.1) is 0 Å². The van der Waals surface area contributed by atoms with Gasteiger partial charge < -0.3 is 11.1 Å². The van der Waals surface area contributed by atoms with Crippen molar-refractivity contribution in [2.45, 2.75) is 12.3 Å². The second-order valence-corrected chi connectivity index (χ2v) is 3.02. The minimum absolute atomic E-state index is 0. The van der Waals surface area contributed by atoms with Crippen molar-refractivity contribution in [3.05, 3.63) is 18.1 Å². The zero-order chi connectivity index (χ0) is 8.39. The molecule has 6 heteroatoms. The van der Waals surface area contributed by atoms with Gasteiger partial charge in [-0.05, 0) is 13.0 Å². The molecule has 80 valence electrons. The van der Waals surface area contributed by atoms with E-state index in [1.807, 2.05) is 0 Å². The summed E-state index contributed by atoms with van der Waals surface area (Å²) < 4.78 is 0. The molecule has 1 aliphatic heterocycles. The Labute approximate surface area is 95.5 Å². The van der Waals surface area contributed by atoms with Crippen LogP contribution >= 0.6 is 24.8 Å². The maximum Gasteiger partial charge on any atom is 0.145 e. The van der Waals surface area contributed by atoms with E-state index in [0.717, 1.165) is 25.2 Å². The van der Waals surface area contributed by atoms with Crippen molar-refractivity contribution in [3.8, 4) is 0 Å². The molecular formula is C8H14Cl2N4. The van der Waals surface area contributed by atoms with Crippen molar-refractivity contribution < 1.29 is 0 Å². The van der Waals surface area contributed by atoms with Gasteiger partial charge in [0.15, 0.2) is 0 Å². The highest BCUT2D eigenvalue weighted by atomic mass is 35.5. The average Bonchev–Trinajstić information content (AvgIpc) is 2.57. The first-order valence-corrected chi connectivity index (χ1v) is 4.15. The van der Waals surface area contributed by atoms with Crippen LogP contribution in [0.15, 0.2) is 12.4 Å². The van der Waals surface area contributed by atoms with E-state index in [-0.39, 0.29) is 24.8 Å². The monoisotopic (exact) mass is 236 g/mol. The average molecular weight is 237 g/mol. The summed E-state index contributed by atoms with van der Waals surface area (Å²) in [7, 11) is 0. The number of anilines is 1. The number of nitrogens with two attached hydrogens (primary N) is 1. The van der Waals surface area contributed by atoms with E-state index in [1.54, 1.807) is 12.4 Å². The van der Waals surface area contributed by atoms with E-state index in [9.17, 15) is 0 Å². The fourth-order valence-corrected chi connectivity index (χ4v) is 1.56. The second-order valence-electron chi connectivity index (χ2n) is 3.02. The highest BCUT2D eigenvalue weighted by Crippen LogP contribution is 2.22. The molecule has 1 saturated heterocycles. The number of nitrogens with one attached hydrogen (secondary N) is 1. The molecule has 1 atom stereocenters. The van der Waals surface area contributed by atoms with Gasteiger partial charge in [0, 0.05) is 24.9 Å². The molecule has 3 N–H and O–H groups in total. The molecule has 0 bridgehead atoms. The first-order valence-electron chi connectivity index (χ1n) is 4.15. The molecule has 2 rings (SSSR count). The molecule has 0 spiro atoms. The van der Waals surface area contributed by atoms with Gasteiger partial charge in [-0.15, -0.1) is 24.8 Å². The van der Waals surface area contributed by atoms with Crippen molar-refractivity contribution in [2.24, 2.45) is 0 Å². The molecule has 1 aliphatic rings. The smallest absolute Gasteiger partial charge is 0.145 e. The van der Waals surface area contributed by atoms with Gasteiger partial charge in [0.25, 0.3) is 0 Å². The molecule has 4 nitrogen and oxygen atoms in total. The fraction of sp³-hybridized carbons (Fsp3) is 0.500. The molecule has 0 saturated carbocycles. The Bertz CT molecular complexity index is 276. The Kier molecular flexibility index (Phi) is 5.76. The van der Waals surface area contributed by atoms with Crippen LogP contribution in [0.2, 0.25) is 0 Å². The van der Waals surface area contributed by atoms with E-state index in [1.165, 1.54) is 0 Å². The summed E-state index contributed by atoms with van der Waals surface area (Å²) in [6, 6.07) is 0. The van der Waals surface area contributed by atoms with Crippen molar-refractivity contribution >= 4 is 30.6 Å². The van der Waals surface area contributed by atoms with Gasteiger partial charge in [0.05, 0.1) is 5.69 Å². The third-order valence-corrected chi connectivity index (χ3v) is 2.20. The standard InChI is InChI=1S/C8H12N4.2ClH/c9-8-7(11-3-4-12-8)6-1-2-10-5-6;;/h3-4,6,10H,1-2,5H2,(H2,9,12);2*1H. The lowest BCUT2D eigenvalue weighted by Gasteiger charge is -2.08. The maximum atomic E-state index is 5.70. The van der Waals surface area contributed by atoms with Gasteiger partial charge in [0.1, 0.15) is 5.82 Å². The largest absolute Gasteiger partial charge is 0.382 e. The maximum absolute atomic E-state index is 5.70. The van der Waals surface area contributed by atoms with Crippen molar-refractivity contribution in [1.29, 1.82) is 0 Å². The van der Waals surface area contributed by atoms with Crippen LogP contribution in [0.1, 0.15) is 18.0 Å². The second kappa shape index (κ2) is 6.01. The minimum atomic E-state index is 0. The summed E-state index contributed by atoms with van der Waals surface area (Å²) in [6.45, 7) is 2.03. The molecular weight excluding hydrogens is 223 g/mol. The first-order chi connectivity index (χ1) is 5.88. The van der Waals surface area contributed by atoms with E-state index >= 15 is 0 Å². The topological polar surface area (TPSA) is 63.8 Å². The van der Waals surface area contributed by atoms with Crippen LogP contribution in [0.3, 0.4) is 0 Å². The van der Waals surface area contributed by atoms with Crippen LogP contribution < -0.4 is 11.1 Å². The van der Waals surface area contributed by atoms with Crippen LogP contribution in [0.4, 0.5) is 5.82 Å². The third kappa shape index (κ3) is 2.70. The number of nitrogens with zero attached hydrogens (tertiary/aromatic N) is 2. The predicted octanol–water partition coefficient (Wildman–Crippen LogP) is 0.979. The van der Waals surface area contributed by atoms with Crippen LogP contribution in [-0.2, 0) is 0 Å². The lowest BCUT2D eigenvalue weighted by Crippen LogP contribution is -2.11. The summed E-state index contributed by atoms with van der Waals surface area (Å²) in [4.78, 5) is 8.24. The zero-order valence-electron chi connectivity index (χ0n) is 7.64. The normalized spacial score (nSPS) is 19.6. The number of rotatable bonds is 1. The number of hydrogen-bond acceptors (Lipinski definition) is 4. The van der Waals surface area contributed by atoms with E-state index < -0.39 is 0 Å². The highest BCUT2D eigenvalue weighted by molar-refractivity contribution is 5.85. The van der Waals surface area contributed by atoms with Gasteiger partial charge in [0.2, 0.25) is 0 Å². The summed E-state index contributed by atoms with van der Waals surface area (Å²) in [6.07, 6.45) is 4.44. The van der Waals surface area contributed by atoms with Gasteiger partial charge in [-0.2, -0.15) is 0 Å². The Balaban J connectivity index is 0.000000845. The summed E-state index contributed by atoms with van der Waals surface area (Å²) in [5.74, 6) is 1.03. The number of aromatic nitrogens is 2. The molecule has 2 heterocycles. The molecule has 0 aliphatic carbocycles. The summed E-state index contributed by atoms with van der Waals surface area (Å²) >= 11 is 0. The predicted molar refractivity (Wildman–Crippen MR) is 61.2 cm³/mol. The van der Waals surface area contributed by atoms with Gasteiger partial charge in [-0.3, -0.25) is 4.98 Å². The molecule has 1 aromatic rings. The van der Waals surface area contributed by atoms with E-state index in [0.29, 0.717) is 11.7 Å². The number of hydrogen-bond donors (Lipinski definition) is 2. The van der Waals surface area contributed by atoms with Gasteiger partial charge in [-0.1, -0.05) is 0 Å².